The first-order valence-corrected chi connectivity index (χ1v) is 6.80. The molecule has 3 N–H and O–H groups in total. The zero-order chi connectivity index (χ0) is 15.2. The summed E-state index contributed by atoms with van der Waals surface area (Å²) in [5.41, 5.74) is 2.46. The SMILES string of the molecule is CC(C#N)CN(C)c1nc(NN)nc(N2CCOCC2)n1. The normalized spacial score (nSPS) is 16.2. The summed E-state index contributed by atoms with van der Waals surface area (Å²) in [4.78, 5) is 16.8. The second-order valence-electron chi connectivity index (χ2n) is 4.91. The molecule has 0 saturated carbocycles. The first-order chi connectivity index (χ1) is 10.1. The molecule has 114 valence electrons. The Morgan fingerprint density at radius 3 is 2.76 bits per heavy atom. The minimum atomic E-state index is -0.118. The predicted octanol–water partition coefficient (Wildman–Crippen LogP) is -0.410. The summed E-state index contributed by atoms with van der Waals surface area (Å²) >= 11 is 0. The van der Waals surface area contributed by atoms with Gasteiger partial charge in [-0.05, 0) is 6.92 Å². The van der Waals surface area contributed by atoms with Crippen LogP contribution in [0, 0.1) is 17.2 Å². The predicted molar refractivity (Wildman–Crippen MR) is 78.7 cm³/mol. The smallest absolute Gasteiger partial charge is 0.243 e. The van der Waals surface area contributed by atoms with Crippen LogP contribution in [0.25, 0.3) is 0 Å². The molecule has 1 fully saturated rings. The van der Waals surface area contributed by atoms with Crippen molar-refractivity contribution in [2.45, 2.75) is 6.92 Å². The first-order valence-electron chi connectivity index (χ1n) is 6.80. The minimum Gasteiger partial charge on any atom is -0.378 e. The highest BCUT2D eigenvalue weighted by atomic mass is 16.5. The maximum atomic E-state index is 8.91. The number of hydrogen-bond acceptors (Lipinski definition) is 9. The number of hydrogen-bond donors (Lipinski definition) is 2. The van der Waals surface area contributed by atoms with E-state index >= 15 is 0 Å². The number of aromatic nitrogens is 3. The summed E-state index contributed by atoms with van der Waals surface area (Å²) in [6.07, 6.45) is 0. The largest absolute Gasteiger partial charge is 0.378 e. The molecule has 1 aliphatic rings. The summed E-state index contributed by atoms with van der Waals surface area (Å²) in [6, 6.07) is 2.19. The van der Waals surface area contributed by atoms with Gasteiger partial charge in [0.05, 0.1) is 25.2 Å². The number of nitrogens with two attached hydrogens (primary N) is 1. The van der Waals surface area contributed by atoms with Crippen LogP contribution >= 0.6 is 0 Å². The van der Waals surface area contributed by atoms with Gasteiger partial charge in [0, 0.05) is 26.7 Å². The van der Waals surface area contributed by atoms with Crippen molar-refractivity contribution in [1.82, 2.24) is 15.0 Å². The van der Waals surface area contributed by atoms with Crippen LogP contribution in [0.3, 0.4) is 0 Å². The lowest BCUT2D eigenvalue weighted by molar-refractivity contribution is 0.122. The Morgan fingerprint density at radius 2 is 2.14 bits per heavy atom. The van der Waals surface area contributed by atoms with Crippen LogP contribution in [0.15, 0.2) is 0 Å². The number of hydrazine groups is 1. The summed E-state index contributed by atoms with van der Waals surface area (Å²) < 4.78 is 5.32. The Bertz CT molecular complexity index is 510. The molecule has 1 aromatic rings. The molecule has 21 heavy (non-hydrogen) atoms. The molecule has 1 unspecified atom stereocenters. The molecule has 0 aromatic carbocycles. The van der Waals surface area contributed by atoms with Crippen molar-refractivity contribution >= 4 is 17.8 Å². The van der Waals surface area contributed by atoms with Gasteiger partial charge in [0.2, 0.25) is 17.8 Å². The highest BCUT2D eigenvalue weighted by Crippen LogP contribution is 2.17. The van der Waals surface area contributed by atoms with Crippen LogP contribution in [0.2, 0.25) is 0 Å². The Hall–Kier alpha value is -2.18. The molecule has 0 spiro atoms. The summed E-state index contributed by atoms with van der Waals surface area (Å²) in [5, 5.41) is 8.91. The Balaban J connectivity index is 2.22. The Morgan fingerprint density at radius 1 is 1.43 bits per heavy atom. The van der Waals surface area contributed by atoms with E-state index < -0.39 is 0 Å². The van der Waals surface area contributed by atoms with E-state index in [1.54, 1.807) is 0 Å². The number of nitrogen functional groups attached to an aromatic ring is 1. The molecular formula is C12H20N8O. The molecule has 1 atom stereocenters. The molecule has 0 aliphatic carbocycles. The van der Waals surface area contributed by atoms with E-state index in [9.17, 15) is 0 Å². The van der Waals surface area contributed by atoms with Crippen LogP contribution in [0.1, 0.15) is 6.92 Å². The number of ether oxygens (including phenoxy) is 1. The van der Waals surface area contributed by atoms with E-state index in [-0.39, 0.29) is 5.92 Å². The van der Waals surface area contributed by atoms with Crippen molar-refractivity contribution in [3.8, 4) is 6.07 Å². The van der Waals surface area contributed by atoms with E-state index in [0.29, 0.717) is 37.6 Å². The fourth-order valence-corrected chi connectivity index (χ4v) is 2.03. The summed E-state index contributed by atoms with van der Waals surface area (Å²) in [6.45, 7) is 5.13. The van der Waals surface area contributed by atoms with Gasteiger partial charge in [-0.1, -0.05) is 0 Å². The fourth-order valence-electron chi connectivity index (χ4n) is 2.03. The molecule has 1 aliphatic heterocycles. The van der Waals surface area contributed by atoms with Crippen molar-refractivity contribution in [2.24, 2.45) is 11.8 Å². The van der Waals surface area contributed by atoms with E-state index in [1.807, 2.05) is 23.8 Å². The van der Waals surface area contributed by atoms with Crippen molar-refractivity contribution in [2.75, 3.05) is 55.1 Å². The molecular weight excluding hydrogens is 272 g/mol. The van der Waals surface area contributed by atoms with Gasteiger partial charge in [-0.25, -0.2) is 5.84 Å². The second kappa shape index (κ2) is 7.01. The number of nitrogens with one attached hydrogen (secondary N) is 1. The molecule has 0 amide bonds. The average Bonchev–Trinajstić information content (AvgIpc) is 2.54. The standard InChI is InChI=1S/C12H20N8O/c1-9(7-13)8-19(2)11-15-10(18-14)16-12(17-11)20-3-5-21-6-4-20/h9H,3-6,8,14H2,1-2H3,(H,15,16,17,18). The van der Waals surface area contributed by atoms with Crippen molar-refractivity contribution in [1.29, 1.82) is 5.26 Å². The van der Waals surface area contributed by atoms with Gasteiger partial charge in [-0.3, -0.25) is 5.43 Å². The average molecular weight is 292 g/mol. The number of rotatable bonds is 5. The molecule has 9 heteroatoms. The first kappa shape index (κ1) is 15.2. The summed E-state index contributed by atoms with van der Waals surface area (Å²) in [5.74, 6) is 6.66. The molecule has 1 saturated heterocycles. The topological polar surface area (TPSA) is 116 Å². The zero-order valence-corrected chi connectivity index (χ0v) is 12.3. The maximum absolute atomic E-state index is 8.91. The zero-order valence-electron chi connectivity index (χ0n) is 12.3. The summed E-state index contributed by atoms with van der Waals surface area (Å²) in [7, 11) is 1.84. The lowest BCUT2D eigenvalue weighted by Crippen LogP contribution is -2.38. The lowest BCUT2D eigenvalue weighted by atomic mass is 10.2. The number of nitriles is 1. The second-order valence-corrected chi connectivity index (χ2v) is 4.91. The highest BCUT2D eigenvalue weighted by molar-refractivity contribution is 5.44. The molecule has 0 radical (unpaired) electrons. The Kier molecular flexibility index (Phi) is 5.08. The minimum absolute atomic E-state index is 0.118. The van der Waals surface area contributed by atoms with Crippen LogP contribution in [0.4, 0.5) is 17.8 Å². The molecule has 2 rings (SSSR count). The maximum Gasteiger partial charge on any atom is 0.243 e. The quantitative estimate of drug-likeness (QED) is 0.551. The van der Waals surface area contributed by atoms with Gasteiger partial charge in [-0.2, -0.15) is 20.2 Å². The fraction of sp³-hybridized carbons (Fsp3) is 0.667. The van der Waals surface area contributed by atoms with Crippen LogP contribution in [0.5, 0.6) is 0 Å². The van der Waals surface area contributed by atoms with Gasteiger partial charge < -0.3 is 14.5 Å². The molecule has 1 aromatic heterocycles. The van der Waals surface area contributed by atoms with Crippen molar-refractivity contribution < 1.29 is 4.74 Å². The van der Waals surface area contributed by atoms with Gasteiger partial charge in [0.25, 0.3) is 0 Å². The van der Waals surface area contributed by atoms with Gasteiger partial charge in [0.1, 0.15) is 0 Å². The van der Waals surface area contributed by atoms with Gasteiger partial charge in [-0.15, -0.1) is 0 Å². The van der Waals surface area contributed by atoms with E-state index in [1.165, 1.54) is 0 Å². The van der Waals surface area contributed by atoms with E-state index in [4.69, 9.17) is 15.8 Å². The molecule has 0 bridgehead atoms. The Labute approximate surface area is 123 Å². The van der Waals surface area contributed by atoms with Gasteiger partial charge in [0.15, 0.2) is 0 Å². The highest BCUT2D eigenvalue weighted by Gasteiger charge is 2.18. The van der Waals surface area contributed by atoms with E-state index in [2.05, 4.69) is 26.4 Å². The van der Waals surface area contributed by atoms with Crippen LogP contribution in [-0.4, -0.2) is 54.8 Å². The number of morpholine rings is 1. The van der Waals surface area contributed by atoms with Crippen molar-refractivity contribution in [3.63, 3.8) is 0 Å². The van der Waals surface area contributed by atoms with E-state index in [0.717, 1.165) is 13.1 Å². The lowest BCUT2D eigenvalue weighted by Gasteiger charge is -2.28. The third kappa shape index (κ3) is 3.90. The van der Waals surface area contributed by atoms with Crippen molar-refractivity contribution in [3.05, 3.63) is 0 Å². The van der Waals surface area contributed by atoms with Crippen LogP contribution in [-0.2, 0) is 4.74 Å². The molecule has 2 heterocycles. The molecule has 9 nitrogen and oxygen atoms in total. The monoisotopic (exact) mass is 292 g/mol. The number of nitrogens with zero attached hydrogens (tertiary/aromatic N) is 6. The third-order valence-electron chi connectivity index (χ3n) is 3.14. The number of anilines is 3. The third-order valence-corrected chi connectivity index (χ3v) is 3.14. The van der Waals surface area contributed by atoms with Crippen LogP contribution < -0.4 is 21.1 Å². The van der Waals surface area contributed by atoms with Gasteiger partial charge >= 0.3 is 0 Å².